The predicted octanol–water partition coefficient (Wildman–Crippen LogP) is 1.98. The average molecular weight is 237 g/mol. The second-order valence-corrected chi connectivity index (χ2v) is 5.03. The normalized spacial score (nSPS) is 24.7. The molecule has 1 fully saturated rings. The molecule has 0 spiro atoms. The summed E-state index contributed by atoms with van der Waals surface area (Å²) in [5.41, 5.74) is 1.22. The Morgan fingerprint density at radius 2 is 2.41 bits per heavy atom. The van der Waals surface area contributed by atoms with Gasteiger partial charge in [0.25, 0.3) is 0 Å². The highest BCUT2D eigenvalue weighted by molar-refractivity contribution is 5.11. The summed E-state index contributed by atoms with van der Waals surface area (Å²) in [6, 6.07) is 0.537. The third-order valence-corrected chi connectivity index (χ3v) is 3.31. The molecule has 96 valence electrons. The molecule has 0 aliphatic carbocycles. The summed E-state index contributed by atoms with van der Waals surface area (Å²) >= 11 is 0. The molecule has 1 N–H and O–H groups in total. The third-order valence-electron chi connectivity index (χ3n) is 3.31. The van der Waals surface area contributed by atoms with Crippen LogP contribution >= 0.6 is 0 Å². The van der Waals surface area contributed by atoms with Crippen LogP contribution in [0.5, 0.6) is 0 Å². The first kappa shape index (κ1) is 12.6. The fourth-order valence-electron chi connectivity index (χ4n) is 2.30. The summed E-state index contributed by atoms with van der Waals surface area (Å²) in [5, 5.41) is 7.83. The molecule has 2 unspecified atom stereocenters. The molecule has 2 atom stereocenters. The zero-order valence-electron chi connectivity index (χ0n) is 11.0. The Balaban J connectivity index is 1.98. The Kier molecular flexibility index (Phi) is 4.18. The van der Waals surface area contributed by atoms with Gasteiger partial charge >= 0.3 is 0 Å². The van der Waals surface area contributed by atoms with Crippen LogP contribution in [0.2, 0.25) is 0 Å². The minimum Gasteiger partial charge on any atom is -0.373 e. The van der Waals surface area contributed by atoms with Gasteiger partial charge in [0.1, 0.15) is 0 Å². The Morgan fingerprint density at radius 3 is 3.06 bits per heavy atom. The minimum absolute atomic E-state index is 0.224. The fraction of sp³-hybridized carbons (Fsp3) is 0.769. The van der Waals surface area contributed by atoms with Gasteiger partial charge in [-0.05, 0) is 13.3 Å². The van der Waals surface area contributed by atoms with E-state index in [1.54, 1.807) is 0 Å². The molecule has 0 saturated carbocycles. The largest absolute Gasteiger partial charge is 0.373 e. The highest BCUT2D eigenvalue weighted by atomic mass is 16.5. The zero-order valence-corrected chi connectivity index (χ0v) is 11.0. The molecule has 1 saturated heterocycles. The van der Waals surface area contributed by atoms with Crippen molar-refractivity contribution in [2.75, 3.05) is 13.2 Å². The van der Waals surface area contributed by atoms with E-state index >= 15 is 0 Å². The maximum Gasteiger partial charge on any atom is 0.0896 e. The maximum atomic E-state index is 5.85. The van der Waals surface area contributed by atoms with Gasteiger partial charge in [-0.3, -0.25) is 4.68 Å². The zero-order chi connectivity index (χ0) is 12.3. The van der Waals surface area contributed by atoms with E-state index in [0.717, 1.165) is 26.1 Å². The molecule has 2 heterocycles. The molecule has 1 aromatic rings. The first-order chi connectivity index (χ1) is 8.20. The molecule has 1 aliphatic heterocycles. The number of nitrogens with zero attached hydrogens (tertiary/aromatic N) is 2. The minimum atomic E-state index is 0.224. The average Bonchev–Trinajstić information content (AvgIpc) is 2.94. The Hall–Kier alpha value is -0.870. The van der Waals surface area contributed by atoms with Crippen molar-refractivity contribution in [3.8, 4) is 0 Å². The third kappa shape index (κ3) is 3.07. The lowest BCUT2D eigenvalue weighted by atomic mass is 9.97. The van der Waals surface area contributed by atoms with Gasteiger partial charge in [-0.25, -0.2) is 0 Å². The number of nitrogens with one attached hydrogen (secondary N) is 1. The molecule has 2 rings (SSSR count). The van der Waals surface area contributed by atoms with Crippen molar-refractivity contribution in [3.05, 3.63) is 18.0 Å². The van der Waals surface area contributed by atoms with E-state index in [9.17, 15) is 0 Å². The lowest BCUT2D eigenvalue weighted by Gasteiger charge is -2.19. The molecule has 0 bridgehead atoms. The van der Waals surface area contributed by atoms with Gasteiger partial charge in [0.2, 0.25) is 0 Å². The molecule has 0 aromatic carbocycles. The van der Waals surface area contributed by atoms with E-state index in [-0.39, 0.29) is 6.10 Å². The Morgan fingerprint density at radius 1 is 1.59 bits per heavy atom. The van der Waals surface area contributed by atoms with Crippen LogP contribution in [-0.4, -0.2) is 29.0 Å². The number of aromatic nitrogens is 2. The van der Waals surface area contributed by atoms with Crippen molar-refractivity contribution in [1.29, 1.82) is 0 Å². The second kappa shape index (κ2) is 5.65. The van der Waals surface area contributed by atoms with Crippen LogP contribution in [0.4, 0.5) is 0 Å². The molecule has 0 amide bonds. The van der Waals surface area contributed by atoms with Crippen LogP contribution in [0.3, 0.4) is 0 Å². The van der Waals surface area contributed by atoms with Gasteiger partial charge in [0, 0.05) is 43.4 Å². The van der Waals surface area contributed by atoms with Crippen LogP contribution in [0.1, 0.15) is 38.9 Å². The Labute approximate surface area is 103 Å². The van der Waals surface area contributed by atoms with Crippen LogP contribution in [0.25, 0.3) is 0 Å². The van der Waals surface area contributed by atoms with Crippen molar-refractivity contribution in [1.82, 2.24) is 15.1 Å². The van der Waals surface area contributed by atoms with Crippen LogP contribution in [0, 0.1) is 5.92 Å². The molecular weight excluding hydrogens is 214 g/mol. The standard InChI is InChI=1S/C13H23N3O/c1-4-16-9-12(8-15-16)13-11(5-6-17-13)7-14-10(2)3/h8-11,13-14H,4-7H2,1-3H3. The van der Waals surface area contributed by atoms with Crippen molar-refractivity contribution in [2.45, 2.75) is 45.9 Å². The fourth-order valence-corrected chi connectivity index (χ4v) is 2.30. The first-order valence-corrected chi connectivity index (χ1v) is 6.58. The van der Waals surface area contributed by atoms with E-state index in [4.69, 9.17) is 4.74 Å². The lowest BCUT2D eigenvalue weighted by molar-refractivity contribution is 0.0900. The van der Waals surface area contributed by atoms with E-state index in [0.29, 0.717) is 12.0 Å². The topological polar surface area (TPSA) is 39.1 Å². The summed E-state index contributed by atoms with van der Waals surface area (Å²) in [6.07, 6.45) is 5.42. The number of aryl methyl sites for hydroxylation is 1. The Bertz CT molecular complexity index is 348. The van der Waals surface area contributed by atoms with Gasteiger partial charge in [-0.1, -0.05) is 13.8 Å². The summed E-state index contributed by atoms with van der Waals surface area (Å²) in [7, 11) is 0. The summed E-state index contributed by atoms with van der Waals surface area (Å²) in [5.74, 6) is 0.576. The van der Waals surface area contributed by atoms with E-state index in [1.807, 2.05) is 10.9 Å². The van der Waals surface area contributed by atoms with Gasteiger partial charge in [-0.15, -0.1) is 0 Å². The number of hydrogen-bond donors (Lipinski definition) is 1. The second-order valence-electron chi connectivity index (χ2n) is 5.03. The summed E-state index contributed by atoms with van der Waals surface area (Å²) in [4.78, 5) is 0. The highest BCUT2D eigenvalue weighted by Gasteiger charge is 2.30. The van der Waals surface area contributed by atoms with Crippen molar-refractivity contribution >= 4 is 0 Å². The van der Waals surface area contributed by atoms with E-state index < -0.39 is 0 Å². The predicted molar refractivity (Wildman–Crippen MR) is 67.8 cm³/mol. The van der Waals surface area contributed by atoms with Crippen LogP contribution < -0.4 is 5.32 Å². The highest BCUT2D eigenvalue weighted by Crippen LogP contribution is 2.33. The molecule has 4 nitrogen and oxygen atoms in total. The van der Waals surface area contributed by atoms with Gasteiger partial charge in [-0.2, -0.15) is 5.10 Å². The summed E-state index contributed by atoms with van der Waals surface area (Å²) in [6.45, 7) is 9.28. The number of hydrogen-bond acceptors (Lipinski definition) is 3. The van der Waals surface area contributed by atoms with Crippen molar-refractivity contribution in [3.63, 3.8) is 0 Å². The summed E-state index contributed by atoms with van der Waals surface area (Å²) < 4.78 is 7.81. The molecule has 17 heavy (non-hydrogen) atoms. The SMILES string of the molecule is CCn1cc(C2OCCC2CNC(C)C)cn1. The smallest absolute Gasteiger partial charge is 0.0896 e. The lowest BCUT2D eigenvalue weighted by Crippen LogP contribution is -2.30. The van der Waals surface area contributed by atoms with E-state index in [1.165, 1.54) is 5.56 Å². The van der Waals surface area contributed by atoms with Gasteiger partial charge < -0.3 is 10.1 Å². The monoisotopic (exact) mass is 237 g/mol. The van der Waals surface area contributed by atoms with Gasteiger partial charge in [0.05, 0.1) is 12.3 Å². The quantitative estimate of drug-likeness (QED) is 0.851. The number of ether oxygens (including phenoxy) is 1. The van der Waals surface area contributed by atoms with Crippen molar-refractivity contribution < 1.29 is 4.74 Å². The van der Waals surface area contributed by atoms with Gasteiger partial charge in [0.15, 0.2) is 0 Å². The maximum absolute atomic E-state index is 5.85. The molecule has 4 heteroatoms. The van der Waals surface area contributed by atoms with E-state index in [2.05, 4.69) is 37.4 Å². The molecular formula is C13H23N3O. The molecule has 1 aromatic heterocycles. The first-order valence-electron chi connectivity index (χ1n) is 6.58. The number of rotatable bonds is 5. The van der Waals surface area contributed by atoms with Crippen LogP contribution in [-0.2, 0) is 11.3 Å². The molecule has 1 aliphatic rings. The van der Waals surface area contributed by atoms with Crippen LogP contribution in [0.15, 0.2) is 12.4 Å². The van der Waals surface area contributed by atoms with Crippen molar-refractivity contribution in [2.24, 2.45) is 5.92 Å². The molecule has 0 radical (unpaired) electrons.